The average molecular weight is 552 g/mol. The summed E-state index contributed by atoms with van der Waals surface area (Å²) < 4.78 is 38.5. The van der Waals surface area contributed by atoms with Gasteiger partial charge in [-0.1, -0.05) is 0 Å². The second-order valence-corrected chi connectivity index (χ2v) is 13.8. The fraction of sp³-hybridized carbons (Fsp3) is 0.714. The third-order valence-electron chi connectivity index (χ3n) is 9.88. The zero-order valence-corrected chi connectivity index (χ0v) is 26.1. The van der Waals surface area contributed by atoms with Gasteiger partial charge in [0.05, 0.1) is 45.2 Å². The molecule has 3 aliphatic rings. The summed E-state index contributed by atoms with van der Waals surface area (Å²) in [5.74, 6) is -0.132. The molecule has 1 aromatic carbocycles. The van der Waals surface area contributed by atoms with Crippen molar-refractivity contribution in [3.05, 3.63) is 23.8 Å². The van der Waals surface area contributed by atoms with Crippen LogP contribution < -0.4 is 10.4 Å². The minimum Gasteiger partial charge on any atom is -0.405 e. The van der Waals surface area contributed by atoms with Gasteiger partial charge in [-0.3, -0.25) is 4.79 Å². The standard InChI is InChI=1S/C28H43B3N2O7/c1-19(34)33(12)22-16-20(18-32)15-21(17-22)29-35-25(6,7)27(10,39-29)13-14-28(11)26(8,9)38-31(40-28)30-36-23(2,3)24(4,5)37-30/h15-17H,13-14H2,1-12H3. The Labute approximate surface area is 240 Å². The third kappa shape index (κ3) is 5.25. The molecule has 1 amide bonds. The molecule has 3 aliphatic heterocycles. The molecule has 3 heterocycles. The Hall–Kier alpha value is -1.87. The molecule has 2 atom stereocenters. The lowest BCUT2D eigenvalue weighted by atomic mass is 9.49. The van der Waals surface area contributed by atoms with Gasteiger partial charge in [0, 0.05) is 19.7 Å². The Balaban J connectivity index is 1.52. The largest absolute Gasteiger partial charge is 0.494 e. The molecule has 2 unspecified atom stereocenters. The van der Waals surface area contributed by atoms with E-state index in [0.717, 1.165) is 0 Å². The highest BCUT2D eigenvalue weighted by molar-refractivity contribution is 7.11. The van der Waals surface area contributed by atoms with Gasteiger partial charge in [0.2, 0.25) is 5.91 Å². The van der Waals surface area contributed by atoms with E-state index in [4.69, 9.17) is 27.9 Å². The van der Waals surface area contributed by atoms with Crippen LogP contribution in [0.4, 0.5) is 5.69 Å². The molecule has 0 N–H and O–H groups in total. The molecule has 0 bridgehead atoms. The van der Waals surface area contributed by atoms with Gasteiger partial charge in [0.15, 0.2) is 0 Å². The van der Waals surface area contributed by atoms with Gasteiger partial charge in [0.1, 0.15) is 0 Å². The average Bonchev–Trinajstić information content (AvgIpc) is 3.33. The summed E-state index contributed by atoms with van der Waals surface area (Å²) in [5, 5.41) is 9.62. The smallest absolute Gasteiger partial charge is 0.405 e. The van der Waals surface area contributed by atoms with Crippen molar-refractivity contribution in [3.8, 4) is 6.07 Å². The quantitative estimate of drug-likeness (QED) is 0.492. The van der Waals surface area contributed by atoms with E-state index in [-0.39, 0.29) is 5.91 Å². The molecular weight excluding hydrogens is 509 g/mol. The van der Waals surface area contributed by atoms with Crippen molar-refractivity contribution >= 4 is 38.2 Å². The van der Waals surface area contributed by atoms with Crippen molar-refractivity contribution in [2.75, 3.05) is 11.9 Å². The van der Waals surface area contributed by atoms with Gasteiger partial charge in [-0.05, 0) is 106 Å². The predicted molar refractivity (Wildman–Crippen MR) is 156 cm³/mol. The van der Waals surface area contributed by atoms with Crippen molar-refractivity contribution in [1.29, 1.82) is 5.26 Å². The highest BCUT2D eigenvalue weighted by atomic mass is 16.7. The van der Waals surface area contributed by atoms with E-state index in [2.05, 4.69) is 13.0 Å². The topological polar surface area (TPSA) is 99.5 Å². The summed E-state index contributed by atoms with van der Waals surface area (Å²) >= 11 is 0. The van der Waals surface area contributed by atoms with Crippen LogP contribution >= 0.6 is 0 Å². The fourth-order valence-electron chi connectivity index (χ4n) is 5.29. The summed E-state index contributed by atoms with van der Waals surface area (Å²) in [6.45, 7) is 21.7. The van der Waals surface area contributed by atoms with Gasteiger partial charge < -0.3 is 32.8 Å². The number of nitrogens with zero attached hydrogens (tertiary/aromatic N) is 2. The number of hydrogen-bond acceptors (Lipinski definition) is 8. The number of amides is 1. The van der Waals surface area contributed by atoms with Crippen LogP contribution in [0.15, 0.2) is 18.2 Å². The molecule has 4 rings (SSSR count). The monoisotopic (exact) mass is 552 g/mol. The third-order valence-corrected chi connectivity index (χ3v) is 9.88. The Kier molecular flexibility index (Phi) is 7.66. The Morgan fingerprint density at radius 3 is 1.75 bits per heavy atom. The van der Waals surface area contributed by atoms with Crippen LogP contribution in [-0.4, -0.2) is 67.7 Å². The zero-order chi connectivity index (χ0) is 30.1. The van der Waals surface area contributed by atoms with Crippen LogP contribution in [-0.2, 0) is 32.7 Å². The Morgan fingerprint density at radius 2 is 1.23 bits per heavy atom. The molecule has 0 spiro atoms. The van der Waals surface area contributed by atoms with Gasteiger partial charge in [-0.25, -0.2) is 0 Å². The predicted octanol–water partition coefficient (Wildman–Crippen LogP) is 3.84. The zero-order valence-electron chi connectivity index (χ0n) is 26.1. The van der Waals surface area contributed by atoms with E-state index in [9.17, 15) is 10.1 Å². The summed E-state index contributed by atoms with van der Waals surface area (Å²) in [5.41, 5.74) is -1.86. The number of carbonyl (C=O) groups is 1. The highest BCUT2D eigenvalue weighted by Crippen LogP contribution is 2.48. The van der Waals surface area contributed by atoms with Gasteiger partial charge in [-0.2, -0.15) is 5.26 Å². The molecule has 40 heavy (non-hydrogen) atoms. The van der Waals surface area contributed by atoms with Crippen LogP contribution in [0.3, 0.4) is 0 Å². The summed E-state index contributed by atoms with van der Waals surface area (Å²) in [7, 11) is -0.328. The Morgan fingerprint density at radius 1 is 0.750 bits per heavy atom. The molecule has 3 saturated heterocycles. The first-order valence-electron chi connectivity index (χ1n) is 14.0. The molecule has 216 valence electrons. The van der Waals surface area contributed by atoms with Crippen LogP contribution in [0.25, 0.3) is 0 Å². The molecule has 9 nitrogen and oxygen atoms in total. The first kappa shape index (κ1) is 31.1. The molecule has 0 radical (unpaired) electrons. The lowest BCUT2D eigenvalue weighted by molar-refractivity contribution is -0.116. The van der Waals surface area contributed by atoms with Crippen molar-refractivity contribution < 1.29 is 32.7 Å². The summed E-state index contributed by atoms with van der Waals surface area (Å²) in [6.07, 6.45) is 1.25. The van der Waals surface area contributed by atoms with Gasteiger partial charge >= 0.3 is 21.1 Å². The van der Waals surface area contributed by atoms with Crippen LogP contribution in [0.1, 0.15) is 94.6 Å². The maximum absolute atomic E-state index is 12.0. The molecule has 0 aliphatic carbocycles. The highest BCUT2D eigenvalue weighted by Gasteiger charge is 2.65. The van der Waals surface area contributed by atoms with E-state index >= 15 is 0 Å². The van der Waals surface area contributed by atoms with E-state index in [1.165, 1.54) is 11.8 Å². The van der Waals surface area contributed by atoms with Crippen molar-refractivity contribution in [2.24, 2.45) is 0 Å². The van der Waals surface area contributed by atoms with Crippen molar-refractivity contribution in [3.63, 3.8) is 0 Å². The Bertz CT molecular complexity index is 1200. The van der Waals surface area contributed by atoms with Crippen molar-refractivity contribution in [1.82, 2.24) is 0 Å². The minimum absolute atomic E-state index is 0.132. The van der Waals surface area contributed by atoms with Crippen LogP contribution in [0, 0.1) is 11.3 Å². The van der Waals surface area contributed by atoms with E-state index in [1.807, 2.05) is 68.4 Å². The number of nitriles is 1. The van der Waals surface area contributed by atoms with E-state index in [0.29, 0.717) is 29.6 Å². The molecule has 0 aromatic heterocycles. The molecule has 1 aromatic rings. The number of rotatable bonds is 6. The summed E-state index contributed by atoms with van der Waals surface area (Å²) in [6, 6.07) is 7.44. The van der Waals surface area contributed by atoms with Crippen molar-refractivity contribution in [2.45, 2.75) is 123 Å². The number of carbonyl (C=O) groups excluding carboxylic acids is 1. The maximum atomic E-state index is 12.0. The lowest BCUT2D eigenvalue weighted by Crippen LogP contribution is -2.50. The fourth-order valence-corrected chi connectivity index (χ4v) is 5.29. The van der Waals surface area contributed by atoms with E-state index < -0.39 is 54.7 Å². The van der Waals surface area contributed by atoms with Crippen LogP contribution in [0.5, 0.6) is 0 Å². The molecular formula is C28H43B3N2O7. The lowest BCUT2D eigenvalue weighted by Gasteiger charge is -2.42. The van der Waals surface area contributed by atoms with Crippen LogP contribution in [0.2, 0.25) is 0 Å². The van der Waals surface area contributed by atoms with E-state index in [1.54, 1.807) is 19.2 Å². The first-order valence-corrected chi connectivity index (χ1v) is 14.0. The first-order chi connectivity index (χ1) is 18.2. The number of hydrogen-bond donors (Lipinski definition) is 0. The summed E-state index contributed by atoms with van der Waals surface area (Å²) in [4.78, 5) is 13.5. The molecule has 12 heteroatoms. The number of benzene rings is 1. The SMILES string of the molecule is CC(=O)N(C)c1cc(C#N)cc(B2OC(C)(C)C(C)(CCC3(C)OB(B4OC(C)(C)C(C)(C)O4)OC3(C)C)O2)c1. The second kappa shape index (κ2) is 9.86. The maximum Gasteiger partial charge on any atom is 0.494 e. The second-order valence-electron chi connectivity index (χ2n) is 13.8. The van der Waals surface area contributed by atoms with Gasteiger partial charge in [-0.15, -0.1) is 0 Å². The van der Waals surface area contributed by atoms with Gasteiger partial charge in [0.25, 0.3) is 0 Å². The normalized spacial score (nSPS) is 30.0. The number of anilines is 1. The molecule has 0 saturated carbocycles. The molecule has 3 fully saturated rings. The minimum atomic E-state index is -0.702.